The highest BCUT2D eigenvalue weighted by molar-refractivity contribution is 7.89. The van der Waals surface area contributed by atoms with Crippen molar-refractivity contribution >= 4 is 21.6 Å². The summed E-state index contributed by atoms with van der Waals surface area (Å²) >= 11 is 0. The monoisotopic (exact) mass is 417 g/mol. The maximum absolute atomic E-state index is 12.8. The maximum Gasteiger partial charge on any atom is 0.255 e. The minimum Gasteiger partial charge on any atom is -0.322 e. The van der Waals surface area contributed by atoms with Crippen LogP contribution in [0.3, 0.4) is 0 Å². The van der Waals surface area contributed by atoms with E-state index >= 15 is 0 Å². The first kappa shape index (κ1) is 23.1. The topological polar surface area (TPSA) is 78.5 Å². The number of likely N-dealkylation sites (N-methyl/N-ethyl adjacent to an activating group) is 1. The third-order valence-corrected chi connectivity index (χ3v) is 7.23. The number of hydrogen-bond donors (Lipinski definition) is 2. The second-order valence-corrected chi connectivity index (χ2v) is 9.85. The fraction of sp³-hybridized carbons (Fsp3) is 0.409. The van der Waals surface area contributed by atoms with Crippen LogP contribution >= 0.6 is 0 Å². The van der Waals surface area contributed by atoms with Gasteiger partial charge < -0.3 is 10.2 Å². The molecule has 0 radical (unpaired) electrons. The smallest absolute Gasteiger partial charge is 0.255 e. The van der Waals surface area contributed by atoms with Gasteiger partial charge in [0.1, 0.15) is 0 Å². The molecule has 0 aromatic heterocycles. The van der Waals surface area contributed by atoms with Crippen LogP contribution in [0, 0.1) is 13.8 Å². The third kappa shape index (κ3) is 5.23. The summed E-state index contributed by atoms with van der Waals surface area (Å²) in [6, 6.07) is 11.7. The van der Waals surface area contributed by atoms with Crippen LogP contribution in [0.1, 0.15) is 42.3 Å². The van der Waals surface area contributed by atoms with Gasteiger partial charge in [0.15, 0.2) is 0 Å². The first-order valence-corrected chi connectivity index (χ1v) is 11.0. The Morgan fingerprint density at radius 2 is 1.66 bits per heavy atom. The molecule has 0 heterocycles. The van der Waals surface area contributed by atoms with Crippen molar-refractivity contribution in [1.29, 1.82) is 0 Å². The summed E-state index contributed by atoms with van der Waals surface area (Å²) in [5.74, 6) is -0.221. The van der Waals surface area contributed by atoms with Gasteiger partial charge in [0, 0.05) is 22.8 Å². The van der Waals surface area contributed by atoms with Crippen molar-refractivity contribution in [3.63, 3.8) is 0 Å². The lowest BCUT2D eigenvalue weighted by Gasteiger charge is -2.38. The van der Waals surface area contributed by atoms with Crippen molar-refractivity contribution in [1.82, 2.24) is 9.62 Å². The Labute approximate surface area is 174 Å². The molecule has 0 spiro atoms. The van der Waals surface area contributed by atoms with Crippen LogP contribution in [0.25, 0.3) is 0 Å². The molecular weight excluding hydrogens is 386 g/mol. The van der Waals surface area contributed by atoms with Gasteiger partial charge >= 0.3 is 0 Å². The van der Waals surface area contributed by atoms with Crippen LogP contribution in [0.4, 0.5) is 5.69 Å². The average molecular weight is 418 g/mol. The molecule has 0 bridgehead atoms. The third-order valence-electron chi connectivity index (χ3n) is 5.69. The highest BCUT2D eigenvalue weighted by Gasteiger charge is 2.31. The minimum absolute atomic E-state index is 0.172. The summed E-state index contributed by atoms with van der Waals surface area (Å²) in [5, 5.41) is 2.87. The Morgan fingerprint density at radius 1 is 1.03 bits per heavy atom. The van der Waals surface area contributed by atoms with E-state index in [4.69, 9.17) is 0 Å². The van der Waals surface area contributed by atoms with Crippen LogP contribution in [0.5, 0.6) is 0 Å². The molecule has 158 valence electrons. The molecular formula is C22H31N3O3S. The van der Waals surface area contributed by atoms with E-state index in [9.17, 15) is 13.2 Å². The molecule has 0 saturated heterocycles. The van der Waals surface area contributed by atoms with Crippen molar-refractivity contribution in [2.24, 2.45) is 0 Å². The van der Waals surface area contributed by atoms with Crippen LogP contribution < -0.4 is 10.0 Å². The van der Waals surface area contributed by atoms with E-state index in [2.05, 4.69) is 10.0 Å². The lowest BCUT2D eigenvalue weighted by molar-refractivity contribution is 0.102. The van der Waals surface area contributed by atoms with E-state index in [1.807, 2.05) is 64.9 Å². The Bertz CT molecular complexity index is 998. The van der Waals surface area contributed by atoms with Gasteiger partial charge in [-0.25, -0.2) is 13.1 Å². The standard InChI is InChI=1S/C22H31N3O3S/c1-15-10-8-9-11-19(15)21(26)23-20-13-12-18(14-16(20)2)29(27,28)24-17(3)22(4,5)25(6)7/h8-14,17,24H,1-7H3,(H,23,26). The van der Waals surface area contributed by atoms with E-state index in [1.165, 1.54) is 6.07 Å². The lowest BCUT2D eigenvalue weighted by atomic mass is 9.96. The first-order valence-electron chi connectivity index (χ1n) is 9.53. The van der Waals surface area contributed by atoms with Gasteiger partial charge in [0.25, 0.3) is 5.91 Å². The maximum atomic E-state index is 12.8. The molecule has 6 nitrogen and oxygen atoms in total. The zero-order chi connectivity index (χ0) is 22.0. The number of hydrogen-bond acceptors (Lipinski definition) is 4. The normalized spacial score (nSPS) is 13.4. The summed E-state index contributed by atoms with van der Waals surface area (Å²) in [7, 11) is 0.143. The lowest BCUT2D eigenvalue weighted by Crippen LogP contribution is -2.54. The number of aryl methyl sites for hydroxylation is 2. The number of carbonyl (C=O) groups excluding carboxylic acids is 1. The molecule has 2 rings (SSSR count). The summed E-state index contributed by atoms with van der Waals surface area (Å²) in [6.45, 7) is 9.46. The van der Waals surface area contributed by atoms with Crippen molar-refractivity contribution in [2.75, 3.05) is 19.4 Å². The Hall–Kier alpha value is -2.22. The molecule has 2 aromatic carbocycles. The highest BCUT2D eigenvalue weighted by atomic mass is 32.2. The van der Waals surface area contributed by atoms with E-state index < -0.39 is 10.0 Å². The first-order chi connectivity index (χ1) is 13.4. The molecule has 1 amide bonds. The number of anilines is 1. The van der Waals surface area contributed by atoms with Crippen molar-refractivity contribution < 1.29 is 13.2 Å². The van der Waals surface area contributed by atoms with Crippen LogP contribution in [0.15, 0.2) is 47.4 Å². The van der Waals surface area contributed by atoms with E-state index in [0.29, 0.717) is 16.8 Å². The molecule has 1 unspecified atom stereocenters. The zero-order valence-corrected chi connectivity index (χ0v) is 19.0. The molecule has 0 aliphatic carbocycles. The SMILES string of the molecule is Cc1cc(S(=O)(=O)NC(C)C(C)(C)N(C)C)ccc1NC(=O)c1ccccc1C. The molecule has 0 aliphatic rings. The summed E-state index contributed by atoms with van der Waals surface area (Å²) in [4.78, 5) is 14.7. The van der Waals surface area contributed by atoms with Crippen LogP contribution in [0.2, 0.25) is 0 Å². The molecule has 0 saturated carbocycles. The number of amides is 1. The molecule has 7 heteroatoms. The number of rotatable bonds is 7. The summed E-state index contributed by atoms with van der Waals surface area (Å²) in [6.07, 6.45) is 0. The molecule has 0 fully saturated rings. The number of nitrogens with zero attached hydrogens (tertiary/aromatic N) is 1. The van der Waals surface area contributed by atoms with Gasteiger partial charge in [-0.1, -0.05) is 18.2 Å². The van der Waals surface area contributed by atoms with Crippen LogP contribution in [-0.2, 0) is 10.0 Å². The fourth-order valence-corrected chi connectivity index (χ4v) is 4.26. The Kier molecular flexibility index (Phi) is 6.88. The highest BCUT2D eigenvalue weighted by Crippen LogP contribution is 2.23. The number of sulfonamides is 1. The molecule has 0 aliphatic heterocycles. The second-order valence-electron chi connectivity index (χ2n) is 8.14. The van der Waals surface area contributed by atoms with Crippen molar-refractivity contribution in [3.8, 4) is 0 Å². The van der Waals surface area contributed by atoms with E-state index in [1.54, 1.807) is 25.1 Å². The average Bonchev–Trinajstić information content (AvgIpc) is 2.63. The quantitative estimate of drug-likeness (QED) is 0.722. The van der Waals surface area contributed by atoms with Gasteiger partial charge in [0.2, 0.25) is 10.0 Å². The van der Waals surface area contributed by atoms with Crippen LogP contribution in [-0.4, -0.2) is 44.9 Å². The largest absolute Gasteiger partial charge is 0.322 e. The molecule has 2 aromatic rings. The summed E-state index contributed by atoms with van der Waals surface area (Å²) < 4.78 is 28.5. The van der Waals surface area contributed by atoms with Crippen molar-refractivity contribution in [2.45, 2.75) is 51.1 Å². The van der Waals surface area contributed by atoms with Gasteiger partial charge in [-0.2, -0.15) is 0 Å². The molecule has 1 atom stereocenters. The Morgan fingerprint density at radius 3 is 2.21 bits per heavy atom. The van der Waals surface area contributed by atoms with Gasteiger partial charge in [-0.3, -0.25) is 4.79 Å². The Balaban J connectivity index is 2.22. The molecule has 29 heavy (non-hydrogen) atoms. The van der Waals surface area contributed by atoms with Gasteiger partial charge in [0.05, 0.1) is 4.90 Å². The second kappa shape index (κ2) is 8.65. The number of nitrogens with one attached hydrogen (secondary N) is 2. The van der Waals surface area contributed by atoms with Gasteiger partial charge in [-0.05, 0) is 84.1 Å². The zero-order valence-electron chi connectivity index (χ0n) is 18.2. The number of carbonyl (C=O) groups is 1. The van der Waals surface area contributed by atoms with Crippen molar-refractivity contribution in [3.05, 3.63) is 59.2 Å². The number of benzene rings is 2. The minimum atomic E-state index is -3.69. The van der Waals surface area contributed by atoms with E-state index in [0.717, 1.165) is 5.56 Å². The summed E-state index contributed by atoms with van der Waals surface area (Å²) in [5.41, 5.74) is 2.37. The van der Waals surface area contributed by atoms with Gasteiger partial charge in [-0.15, -0.1) is 0 Å². The predicted molar refractivity (Wildman–Crippen MR) is 118 cm³/mol. The fourth-order valence-electron chi connectivity index (χ4n) is 2.79. The molecule has 2 N–H and O–H groups in total. The predicted octanol–water partition coefficient (Wildman–Crippen LogP) is 3.56. The van der Waals surface area contributed by atoms with E-state index in [-0.39, 0.29) is 22.4 Å².